The zero-order valence-corrected chi connectivity index (χ0v) is 16.4. The van der Waals surface area contributed by atoms with Crippen LogP contribution in [0.1, 0.15) is 44.1 Å². The third-order valence-corrected chi connectivity index (χ3v) is 8.52. The second kappa shape index (κ2) is 5.95. The molecular formula is C23H28N4O. The molecule has 28 heavy (non-hydrogen) atoms. The van der Waals surface area contributed by atoms with E-state index in [1.165, 1.54) is 38.5 Å². The molecule has 4 saturated carbocycles. The zero-order chi connectivity index (χ0) is 18.9. The van der Waals surface area contributed by atoms with Gasteiger partial charge in [0, 0.05) is 50.4 Å². The van der Waals surface area contributed by atoms with Gasteiger partial charge in [-0.25, -0.2) is 0 Å². The Kier molecular flexibility index (Phi) is 3.58. The molecule has 6 fully saturated rings. The quantitative estimate of drug-likeness (QED) is 0.796. The third kappa shape index (κ3) is 2.43. The predicted molar refractivity (Wildman–Crippen MR) is 105 cm³/mol. The Bertz CT molecular complexity index is 809. The van der Waals surface area contributed by atoms with Crippen molar-refractivity contribution in [3.05, 3.63) is 24.0 Å². The Balaban J connectivity index is 1.16. The molecule has 7 rings (SSSR count). The maximum absolute atomic E-state index is 13.6. The van der Waals surface area contributed by atoms with Crippen molar-refractivity contribution < 1.29 is 4.79 Å². The number of nitriles is 1. The van der Waals surface area contributed by atoms with E-state index in [0.717, 1.165) is 49.6 Å². The van der Waals surface area contributed by atoms with E-state index in [9.17, 15) is 10.1 Å². The van der Waals surface area contributed by atoms with Crippen molar-refractivity contribution in [3.8, 4) is 6.07 Å². The van der Waals surface area contributed by atoms with Gasteiger partial charge in [-0.1, -0.05) is 0 Å². The van der Waals surface area contributed by atoms with Gasteiger partial charge in [0.1, 0.15) is 6.07 Å². The molecule has 3 heterocycles. The Hall–Kier alpha value is -2.09. The minimum absolute atomic E-state index is 0.00779. The summed E-state index contributed by atoms with van der Waals surface area (Å²) in [5.41, 5.74) is 1.65. The van der Waals surface area contributed by atoms with Crippen LogP contribution in [0.5, 0.6) is 0 Å². The summed E-state index contributed by atoms with van der Waals surface area (Å²) in [5, 5.41) is 9.38. The molecule has 0 spiro atoms. The Labute approximate surface area is 166 Å². The van der Waals surface area contributed by atoms with E-state index in [-0.39, 0.29) is 5.41 Å². The first-order valence-electron chi connectivity index (χ1n) is 11.0. The van der Waals surface area contributed by atoms with Crippen LogP contribution in [0, 0.1) is 46.3 Å². The SMILES string of the molecule is N#Cc1cnccc1N1C[C@H]2CN(C(=O)C34CC5CC(CC(C5)C3)C4)C[C@H]2C1. The van der Waals surface area contributed by atoms with Gasteiger partial charge in [-0.05, 0) is 62.3 Å². The van der Waals surface area contributed by atoms with Crippen LogP contribution in [0.4, 0.5) is 5.69 Å². The van der Waals surface area contributed by atoms with E-state index < -0.39 is 0 Å². The maximum Gasteiger partial charge on any atom is 0.228 e. The number of aromatic nitrogens is 1. The van der Waals surface area contributed by atoms with Crippen LogP contribution >= 0.6 is 0 Å². The van der Waals surface area contributed by atoms with Crippen molar-refractivity contribution in [1.29, 1.82) is 5.26 Å². The van der Waals surface area contributed by atoms with Crippen LogP contribution in [0.15, 0.2) is 18.5 Å². The fourth-order valence-electron chi connectivity index (χ4n) is 7.81. The molecule has 0 N–H and O–H groups in total. The third-order valence-electron chi connectivity index (χ3n) is 8.52. The smallest absolute Gasteiger partial charge is 0.228 e. The van der Waals surface area contributed by atoms with Gasteiger partial charge in [-0.3, -0.25) is 9.78 Å². The lowest BCUT2D eigenvalue weighted by atomic mass is 9.49. The molecule has 146 valence electrons. The second-order valence-corrected chi connectivity index (χ2v) is 10.3. The molecule has 2 aliphatic heterocycles. The molecule has 0 unspecified atom stereocenters. The van der Waals surface area contributed by atoms with Crippen LogP contribution in [0.25, 0.3) is 0 Å². The van der Waals surface area contributed by atoms with E-state index in [1.807, 2.05) is 6.07 Å². The van der Waals surface area contributed by atoms with Crippen LogP contribution in [0.3, 0.4) is 0 Å². The van der Waals surface area contributed by atoms with Gasteiger partial charge < -0.3 is 9.80 Å². The first-order valence-corrected chi connectivity index (χ1v) is 11.0. The topological polar surface area (TPSA) is 60.2 Å². The number of rotatable bonds is 2. The van der Waals surface area contributed by atoms with E-state index in [0.29, 0.717) is 23.3 Å². The molecule has 6 aliphatic rings. The lowest BCUT2D eigenvalue weighted by Crippen LogP contribution is -2.54. The van der Waals surface area contributed by atoms with Crippen LogP contribution in [-0.2, 0) is 4.79 Å². The zero-order valence-electron chi connectivity index (χ0n) is 16.4. The van der Waals surface area contributed by atoms with E-state index in [2.05, 4.69) is 20.9 Å². The van der Waals surface area contributed by atoms with E-state index in [4.69, 9.17) is 0 Å². The standard InChI is InChI=1S/C23H28N4O/c24-9-18-10-25-2-1-21(18)26-11-19-13-27(14-20(19)12-26)22(28)23-6-15-3-16(7-23)5-17(4-15)8-23/h1-2,10,15-17,19-20H,3-8,11-14H2/t15?,16?,17?,19-,20+,23?. The monoisotopic (exact) mass is 376 g/mol. The first kappa shape index (κ1) is 16.8. The number of likely N-dealkylation sites (tertiary alicyclic amines) is 1. The molecule has 1 aromatic rings. The van der Waals surface area contributed by atoms with Crippen LogP contribution in [0.2, 0.25) is 0 Å². The molecule has 2 atom stereocenters. The van der Waals surface area contributed by atoms with Gasteiger partial charge in [0.05, 0.1) is 16.7 Å². The lowest BCUT2D eigenvalue weighted by molar-refractivity contribution is -0.156. The van der Waals surface area contributed by atoms with E-state index in [1.54, 1.807) is 12.4 Å². The highest BCUT2D eigenvalue weighted by atomic mass is 16.2. The number of hydrogen-bond acceptors (Lipinski definition) is 4. The fraction of sp³-hybridized carbons (Fsp3) is 0.696. The normalized spacial score (nSPS) is 40.6. The summed E-state index contributed by atoms with van der Waals surface area (Å²) in [6.07, 6.45) is 11.1. The van der Waals surface area contributed by atoms with Crippen molar-refractivity contribution in [3.63, 3.8) is 0 Å². The number of pyridine rings is 1. The van der Waals surface area contributed by atoms with Gasteiger partial charge in [0.15, 0.2) is 0 Å². The molecular weight excluding hydrogens is 348 g/mol. The van der Waals surface area contributed by atoms with Gasteiger partial charge in [-0.15, -0.1) is 0 Å². The molecule has 5 heteroatoms. The largest absolute Gasteiger partial charge is 0.370 e. The number of anilines is 1. The average Bonchev–Trinajstić information content (AvgIpc) is 3.25. The Morgan fingerprint density at radius 1 is 1.04 bits per heavy atom. The van der Waals surface area contributed by atoms with Gasteiger partial charge in [0.25, 0.3) is 0 Å². The van der Waals surface area contributed by atoms with Crippen LogP contribution < -0.4 is 4.90 Å². The lowest BCUT2D eigenvalue weighted by Gasteiger charge is -2.56. The van der Waals surface area contributed by atoms with Crippen molar-refractivity contribution in [2.45, 2.75) is 38.5 Å². The van der Waals surface area contributed by atoms with Gasteiger partial charge in [-0.2, -0.15) is 5.26 Å². The highest BCUT2D eigenvalue weighted by Crippen LogP contribution is 2.60. The summed E-state index contributed by atoms with van der Waals surface area (Å²) in [4.78, 5) is 22.3. The van der Waals surface area contributed by atoms with Crippen molar-refractivity contribution in [1.82, 2.24) is 9.88 Å². The maximum atomic E-state index is 13.6. The molecule has 5 nitrogen and oxygen atoms in total. The highest BCUT2D eigenvalue weighted by Gasteiger charge is 2.57. The number of amides is 1. The molecule has 0 aromatic carbocycles. The second-order valence-electron chi connectivity index (χ2n) is 10.3. The molecule has 1 amide bonds. The van der Waals surface area contributed by atoms with Crippen molar-refractivity contribution in [2.24, 2.45) is 35.0 Å². The van der Waals surface area contributed by atoms with Gasteiger partial charge >= 0.3 is 0 Å². The Morgan fingerprint density at radius 3 is 2.21 bits per heavy atom. The predicted octanol–water partition coefficient (Wildman–Crippen LogP) is 3.06. The fourth-order valence-corrected chi connectivity index (χ4v) is 7.81. The number of carbonyl (C=O) groups is 1. The molecule has 2 saturated heterocycles. The molecule has 1 aromatic heterocycles. The first-order chi connectivity index (χ1) is 13.6. The average molecular weight is 377 g/mol. The number of carbonyl (C=O) groups excluding carboxylic acids is 1. The summed E-state index contributed by atoms with van der Waals surface area (Å²) in [5.74, 6) is 4.04. The summed E-state index contributed by atoms with van der Waals surface area (Å²) in [6.45, 7) is 3.73. The summed E-state index contributed by atoms with van der Waals surface area (Å²) in [6, 6.07) is 4.23. The van der Waals surface area contributed by atoms with Crippen molar-refractivity contribution in [2.75, 3.05) is 31.1 Å². The molecule has 4 bridgehead atoms. The molecule has 4 aliphatic carbocycles. The highest BCUT2D eigenvalue weighted by molar-refractivity contribution is 5.83. The summed E-state index contributed by atoms with van der Waals surface area (Å²) in [7, 11) is 0. The van der Waals surface area contributed by atoms with Gasteiger partial charge in [0.2, 0.25) is 5.91 Å². The summed E-state index contributed by atoms with van der Waals surface area (Å²) >= 11 is 0. The minimum Gasteiger partial charge on any atom is -0.370 e. The van der Waals surface area contributed by atoms with E-state index >= 15 is 0 Å². The Morgan fingerprint density at radius 2 is 1.64 bits per heavy atom. The summed E-state index contributed by atoms with van der Waals surface area (Å²) < 4.78 is 0. The number of hydrogen-bond donors (Lipinski definition) is 0. The number of nitrogens with zero attached hydrogens (tertiary/aromatic N) is 4. The number of fused-ring (bicyclic) bond motifs is 1. The van der Waals surface area contributed by atoms with Crippen molar-refractivity contribution >= 4 is 11.6 Å². The minimum atomic E-state index is -0.00779. The molecule has 0 radical (unpaired) electrons. The van der Waals surface area contributed by atoms with Crippen LogP contribution in [-0.4, -0.2) is 42.0 Å².